The van der Waals surface area contributed by atoms with Crippen LogP contribution in [0.5, 0.6) is 0 Å². The maximum atomic E-state index is 15.2. The first kappa shape index (κ1) is 35.3. The van der Waals surface area contributed by atoms with Crippen LogP contribution in [0.2, 0.25) is 0 Å². The fourth-order valence-corrected chi connectivity index (χ4v) is 9.98. The van der Waals surface area contributed by atoms with Crippen molar-refractivity contribution in [2.24, 2.45) is 40.9 Å². The summed E-state index contributed by atoms with van der Waals surface area (Å²) in [6, 6.07) is 0. The van der Waals surface area contributed by atoms with Gasteiger partial charge in [0.15, 0.2) is 18.0 Å². The SMILES string of the molecule is CCC(=O)O[C@@H]1[C@@H]2[C@@H](OC(C)=O)[C@@]34CO[C@@](C)([C@H](OC(C)=O)[C@@]2(O)C[C@@H]1C)[C@@H]3[C@@H]1[C@@H](C[C@]1(C)OC(C)=O)[C@@H](OC(=O)C(C)CC)C4=O. The summed E-state index contributed by atoms with van der Waals surface area (Å²) in [5.74, 6) is -8.40. The van der Waals surface area contributed by atoms with Gasteiger partial charge in [-0.3, -0.25) is 28.8 Å². The monoisotopic (exact) mass is 664 g/mol. The lowest BCUT2D eigenvalue weighted by Gasteiger charge is -2.64. The van der Waals surface area contributed by atoms with Crippen LogP contribution in [0.25, 0.3) is 0 Å². The minimum Gasteiger partial charge on any atom is -0.462 e. The highest BCUT2D eigenvalue weighted by Crippen LogP contribution is 2.72. The van der Waals surface area contributed by atoms with E-state index < -0.39 is 118 Å². The average molecular weight is 665 g/mol. The normalized spacial score (nSPS) is 45.1. The van der Waals surface area contributed by atoms with Crippen LogP contribution in [0.15, 0.2) is 0 Å². The lowest BCUT2D eigenvalue weighted by atomic mass is 9.42. The van der Waals surface area contributed by atoms with E-state index >= 15 is 4.79 Å². The van der Waals surface area contributed by atoms with Gasteiger partial charge in [-0.05, 0) is 39.0 Å². The molecule has 4 aliphatic carbocycles. The first-order chi connectivity index (χ1) is 21.8. The molecule has 1 saturated heterocycles. The fourth-order valence-electron chi connectivity index (χ4n) is 9.98. The van der Waals surface area contributed by atoms with Crippen LogP contribution in [0.3, 0.4) is 0 Å². The van der Waals surface area contributed by atoms with E-state index in [0.717, 1.165) is 0 Å². The van der Waals surface area contributed by atoms with Gasteiger partial charge in [-0.25, -0.2) is 0 Å². The number of ether oxygens (including phenoxy) is 6. The molecule has 0 radical (unpaired) electrons. The number of fused-ring (bicyclic) bond motifs is 2. The van der Waals surface area contributed by atoms with Crippen LogP contribution >= 0.6 is 0 Å². The highest BCUT2D eigenvalue weighted by atomic mass is 16.6. The molecule has 0 aromatic carbocycles. The first-order valence-corrected chi connectivity index (χ1v) is 16.7. The molecule has 1 heterocycles. The fraction of sp³-hybridized carbons (Fsp3) is 0.824. The van der Waals surface area contributed by atoms with Crippen molar-refractivity contribution >= 4 is 35.6 Å². The standard InChI is InChI=1S/C34H48O13/c1-10-15(3)29(40)46-25-20-13-31(8,47-19(7)37)22(20)26-32(9)30(44-18(6)36)34(41)12-16(4)24(45-21(38)11-2)23(34)28(43-17(5)35)33(26,14-42-32)27(25)39/h15-16,20,22-26,28,30,41H,10-14H2,1-9H3/t15?,16-,20+,22-,23+,24-,25+,26-,28+,30-,31-,32+,33-,34+/m0/s1. The summed E-state index contributed by atoms with van der Waals surface area (Å²) in [7, 11) is 0. The minimum absolute atomic E-state index is 0.0195. The third-order valence-electron chi connectivity index (χ3n) is 11.8. The Hall–Kier alpha value is -3.06. The van der Waals surface area contributed by atoms with Gasteiger partial charge in [-0.1, -0.05) is 27.7 Å². The molecule has 5 aliphatic rings. The Morgan fingerprint density at radius 3 is 2.13 bits per heavy atom. The molecule has 0 aromatic heterocycles. The van der Waals surface area contributed by atoms with Crippen molar-refractivity contribution in [1.29, 1.82) is 0 Å². The highest BCUT2D eigenvalue weighted by Gasteiger charge is 2.86. The van der Waals surface area contributed by atoms with E-state index in [9.17, 15) is 29.1 Å². The molecule has 4 saturated carbocycles. The topological polar surface area (TPSA) is 178 Å². The zero-order valence-electron chi connectivity index (χ0n) is 28.7. The number of aliphatic hydroxyl groups is 1. The Morgan fingerprint density at radius 2 is 1.57 bits per heavy atom. The number of Topliss-reactive ketones (excluding diaryl/α,β-unsaturated/α-hetero) is 1. The predicted molar refractivity (Wildman–Crippen MR) is 160 cm³/mol. The number of esters is 5. The third-order valence-corrected chi connectivity index (χ3v) is 11.8. The quantitative estimate of drug-likeness (QED) is 0.296. The van der Waals surface area contributed by atoms with E-state index in [0.29, 0.717) is 6.42 Å². The second-order valence-corrected chi connectivity index (χ2v) is 14.8. The maximum Gasteiger partial charge on any atom is 0.309 e. The number of carbonyl (C=O) groups excluding carboxylic acids is 6. The Bertz CT molecular complexity index is 1360. The molecule has 5 rings (SSSR count). The Morgan fingerprint density at radius 1 is 0.936 bits per heavy atom. The van der Waals surface area contributed by atoms with E-state index in [1.165, 1.54) is 20.8 Å². The van der Waals surface area contributed by atoms with Crippen LogP contribution in [0, 0.1) is 40.9 Å². The van der Waals surface area contributed by atoms with E-state index in [4.69, 9.17) is 28.4 Å². The Kier molecular flexibility index (Phi) is 8.87. The number of ketones is 1. The molecule has 14 atom stereocenters. The summed E-state index contributed by atoms with van der Waals surface area (Å²) in [4.78, 5) is 79.6. The van der Waals surface area contributed by atoms with Crippen molar-refractivity contribution in [3.8, 4) is 0 Å². The van der Waals surface area contributed by atoms with Crippen LogP contribution in [0.4, 0.5) is 0 Å². The number of carbonyl (C=O) groups is 6. The van der Waals surface area contributed by atoms with Gasteiger partial charge >= 0.3 is 29.8 Å². The van der Waals surface area contributed by atoms with Crippen LogP contribution in [-0.4, -0.2) is 88.6 Å². The Balaban J connectivity index is 1.81. The van der Waals surface area contributed by atoms with Crippen LogP contribution in [0.1, 0.15) is 88.0 Å². The molecule has 1 unspecified atom stereocenters. The minimum atomic E-state index is -2.01. The van der Waals surface area contributed by atoms with Gasteiger partial charge in [0, 0.05) is 44.9 Å². The molecule has 1 N–H and O–H groups in total. The first-order valence-electron chi connectivity index (χ1n) is 16.7. The van der Waals surface area contributed by atoms with Crippen molar-refractivity contribution in [1.82, 2.24) is 0 Å². The maximum absolute atomic E-state index is 15.2. The second-order valence-electron chi connectivity index (χ2n) is 14.8. The molecule has 47 heavy (non-hydrogen) atoms. The molecular formula is C34H48O13. The summed E-state index contributed by atoms with van der Waals surface area (Å²) in [6.45, 7) is 13.5. The predicted octanol–water partition coefficient (Wildman–Crippen LogP) is 2.46. The molecule has 5 fully saturated rings. The van der Waals surface area contributed by atoms with Crippen molar-refractivity contribution in [2.75, 3.05) is 6.61 Å². The van der Waals surface area contributed by atoms with Crippen molar-refractivity contribution < 1.29 is 62.3 Å². The van der Waals surface area contributed by atoms with Gasteiger partial charge in [0.05, 0.1) is 23.9 Å². The zero-order valence-corrected chi connectivity index (χ0v) is 28.7. The molecule has 1 aliphatic heterocycles. The van der Waals surface area contributed by atoms with Gasteiger partial charge in [-0.15, -0.1) is 0 Å². The number of hydrogen-bond donors (Lipinski definition) is 1. The van der Waals surface area contributed by atoms with Crippen LogP contribution in [-0.2, 0) is 57.2 Å². The summed E-state index contributed by atoms with van der Waals surface area (Å²) in [5.41, 5.74) is -6.58. The molecular weight excluding hydrogens is 616 g/mol. The van der Waals surface area contributed by atoms with Crippen molar-refractivity contribution in [2.45, 2.75) is 129 Å². The van der Waals surface area contributed by atoms with Crippen LogP contribution < -0.4 is 0 Å². The Labute approximate surface area is 274 Å². The largest absolute Gasteiger partial charge is 0.462 e. The van der Waals surface area contributed by atoms with E-state index in [1.807, 2.05) is 6.92 Å². The van der Waals surface area contributed by atoms with Crippen molar-refractivity contribution in [3.63, 3.8) is 0 Å². The van der Waals surface area contributed by atoms with Gasteiger partial charge < -0.3 is 33.5 Å². The summed E-state index contributed by atoms with van der Waals surface area (Å²) >= 11 is 0. The second kappa shape index (κ2) is 11.8. The summed E-state index contributed by atoms with van der Waals surface area (Å²) < 4.78 is 36.5. The molecule has 262 valence electrons. The van der Waals surface area contributed by atoms with Crippen molar-refractivity contribution in [3.05, 3.63) is 0 Å². The van der Waals surface area contributed by atoms with Gasteiger partial charge in [0.1, 0.15) is 29.0 Å². The summed E-state index contributed by atoms with van der Waals surface area (Å²) in [5, 5.41) is 12.9. The van der Waals surface area contributed by atoms with Gasteiger partial charge in [0.2, 0.25) is 0 Å². The van der Waals surface area contributed by atoms with Gasteiger partial charge in [0.25, 0.3) is 0 Å². The zero-order chi connectivity index (χ0) is 35.0. The molecule has 0 aromatic rings. The summed E-state index contributed by atoms with van der Waals surface area (Å²) in [6.07, 6.45) is -4.66. The molecule has 0 spiro atoms. The average Bonchev–Trinajstić information content (AvgIpc) is 3.39. The molecule has 0 amide bonds. The smallest absolute Gasteiger partial charge is 0.309 e. The molecule has 13 nitrogen and oxygen atoms in total. The number of rotatable bonds is 8. The third kappa shape index (κ3) is 5.09. The van der Waals surface area contributed by atoms with E-state index in [1.54, 1.807) is 34.6 Å². The highest BCUT2D eigenvalue weighted by molar-refractivity contribution is 5.94. The lowest BCUT2D eigenvalue weighted by molar-refractivity contribution is -0.260. The molecule has 2 bridgehead atoms. The number of hydrogen-bond acceptors (Lipinski definition) is 13. The van der Waals surface area contributed by atoms with E-state index in [-0.39, 0.29) is 25.9 Å². The molecule has 13 heteroatoms. The lowest BCUT2D eigenvalue weighted by Crippen LogP contribution is -2.75. The van der Waals surface area contributed by atoms with E-state index in [2.05, 4.69) is 0 Å². The van der Waals surface area contributed by atoms with Gasteiger partial charge in [-0.2, -0.15) is 0 Å².